The van der Waals surface area contributed by atoms with E-state index in [2.05, 4.69) is 13.8 Å². The first-order valence-electron chi connectivity index (χ1n) is 4.47. The van der Waals surface area contributed by atoms with E-state index in [0.717, 1.165) is 0 Å². The molecule has 0 aliphatic carbocycles. The molecule has 0 amide bonds. The average molecular weight is 174 g/mol. The van der Waals surface area contributed by atoms with Crippen molar-refractivity contribution in [2.24, 2.45) is 11.8 Å². The van der Waals surface area contributed by atoms with Gasteiger partial charge in [-0.2, -0.15) is 11.8 Å². The Hall–Kier alpha value is 0.310. The molecule has 1 saturated heterocycles. The zero-order valence-electron chi connectivity index (χ0n) is 7.42. The normalized spacial score (nSPS) is 28.9. The number of thioether (sulfide) groups is 1. The van der Waals surface area contributed by atoms with Gasteiger partial charge < -0.3 is 5.11 Å². The topological polar surface area (TPSA) is 20.2 Å². The Morgan fingerprint density at radius 3 is 2.64 bits per heavy atom. The lowest BCUT2D eigenvalue weighted by Gasteiger charge is -2.28. The highest BCUT2D eigenvalue weighted by molar-refractivity contribution is 7.99. The van der Waals surface area contributed by atoms with E-state index >= 15 is 0 Å². The first-order valence-corrected chi connectivity index (χ1v) is 5.63. The minimum absolute atomic E-state index is 0.0669. The number of aliphatic hydroxyl groups excluding tert-OH is 1. The van der Waals surface area contributed by atoms with Gasteiger partial charge in [0.2, 0.25) is 0 Å². The average Bonchev–Trinajstić information content (AvgIpc) is 2.05. The summed E-state index contributed by atoms with van der Waals surface area (Å²) >= 11 is 1.99. The van der Waals surface area contributed by atoms with E-state index in [1.807, 2.05) is 11.8 Å². The molecule has 66 valence electrons. The van der Waals surface area contributed by atoms with E-state index < -0.39 is 0 Å². The van der Waals surface area contributed by atoms with Gasteiger partial charge in [-0.1, -0.05) is 13.8 Å². The van der Waals surface area contributed by atoms with Crippen molar-refractivity contribution in [3.05, 3.63) is 0 Å². The Bertz CT molecular complexity index is 108. The van der Waals surface area contributed by atoms with Crippen molar-refractivity contribution >= 4 is 11.8 Å². The molecule has 0 spiro atoms. The van der Waals surface area contributed by atoms with E-state index in [1.165, 1.54) is 24.3 Å². The molecule has 1 aliphatic heterocycles. The van der Waals surface area contributed by atoms with Crippen molar-refractivity contribution in [1.29, 1.82) is 0 Å². The van der Waals surface area contributed by atoms with Gasteiger partial charge in [-0.15, -0.1) is 0 Å². The fourth-order valence-electron chi connectivity index (χ4n) is 1.58. The molecule has 0 radical (unpaired) electrons. The standard InChI is InChI=1S/C9H18OS/c1-7(2)9(10)8-4-3-5-11-6-8/h7-10H,3-6H2,1-2H3. The molecule has 11 heavy (non-hydrogen) atoms. The van der Waals surface area contributed by atoms with Crippen molar-refractivity contribution in [2.75, 3.05) is 11.5 Å². The first-order chi connectivity index (χ1) is 5.22. The van der Waals surface area contributed by atoms with E-state index in [1.54, 1.807) is 0 Å². The summed E-state index contributed by atoms with van der Waals surface area (Å²) < 4.78 is 0. The Balaban J connectivity index is 2.32. The molecule has 2 heteroatoms. The molecular formula is C9H18OS. The summed E-state index contributed by atoms with van der Waals surface area (Å²) in [4.78, 5) is 0. The second kappa shape index (κ2) is 4.36. The van der Waals surface area contributed by atoms with Crippen molar-refractivity contribution < 1.29 is 5.11 Å². The summed E-state index contributed by atoms with van der Waals surface area (Å²) in [6.07, 6.45) is 2.45. The third kappa shape index (κ3) is 2.68. The minimum atomic E-state index is -0.0669. The van der Waals surface area contributed by atoms with Crippen LogP contribution in [-0.2, 0) is 0 Å². The maximum Gasteiger partial charge on any atom is 0.0599 e. The SMILES string of the molecule is CC(C)C(O)C1CCCSC1. The molecule has 0 bridgehead atoms. The summed E-state index contributed by atoms with van der Waals surface area (Å²) in [6, 6.07) is 0. The minimum Gasteiger partial charge on any atom is -0.393 e. The van der Waals surface area contributed by atoms with Crippen LogP contribution in [0.3, 0.4) is 0 Å². The van der Waals surface area contributed by atoms with Gasteiger partial charge in [-0.05, 0) is 36.2 Å². The van der Waals surface area contributed by atoms with Gasteiger partial charge >= 0.3 is 0 Å². The van der Waals surface area contributed by atoms with Gasteiger partial charge in [0.05, 0.1) is 6.10 Å². The quantitative estimate of drug-likeness (QED) is 0.692. The number of rotatable bonds is 2. The molecule has 0 aromatic carbocycles. The second-order valence-electron chi connectivity index (χ2n) is 3.71. The Labute approximate surface area is 73.6 Å². The van der Waals surface area contributed by atoms with Gasteiger partial charge in [0.25, 0.3) is 0 Å². The van der Waals surface area contributed by atoms with Crippen LogP contribution in [-0.4, -0.2) is 22.7 Å². The van der Waals surface area contributed by atoms with Crippen molar-refractivity contribution in [2.45, 2.75) is 32.8 Å². The summed E-state index contributed by atoms with van der Waals surface area (Å²) in [5.74, 6) is 3.45. The van der Waals surface area contributed by atoms with Gasteiger partial charge in [0.1, 0.15) is 0 Å². The van der Waals surface area contributed by atoms with Crippen LogP contribution >= 0.6 is 11.8 Å². The van der Waals surface area contributed by atoms with E-state index in [9.17, 15) is 5.11 Å². The third-order valence-corrected chi connectivity index (χ3v) is 3.60. The zero-order chi connectivity index (χ0) is 8.27. The molecule has 0 aromatic rings. The maximum atomic E-state index is 9.74. The molecule has 1 fully saturated rings. The maximum absolute atomic E-state index is 9.74. The monoisotopic (exact) mass is 174 g/mol. The summed E-state index contributed by atoms with van der Waals surface area (Å²) in [6.45, 7) is 4.20. The van der Waals surface area contributed by atoms with Crippen LogP contribution in [0.2, 0.25) is 0 Å². The van der Waals surface area contributed by atoms with Crippen molar-refractivity contribution in [3.63, 3.8) is 0 Å². The fraction of sp³-hybridized carbons (Fsp3) is 1.00. The number of hydrogen-bond acceptors (Lipinski definition) is 2. The van der Waals surface area contributed by atoms with Gasteiger partial charge in [-0.25, -0.2) is 0 Å². The predicted octanol–water partition coefficient (Wildman–Crippen LogP) is 2.15. The molecule has 1 N–H and O–H groups in total. The Morgan fingerprint density at radius 2 is 2.18 bits per heavy atom. The van der Waals surface area contributed by atoms with Crippen LogP contribution in [0.5, 0.6) is 0 Å². The predicted molar refractivity (Wildman–Crippen MR) is 50.9 cm³/mol. The molecule has 2 atom stereocenters. The molecule has 1 nitrogen and oxygen atoms in total. The molecule has 0 aromatic heterocycles. The number of aliphatic hydroxyl groups is 1. The van der Waals surface area contributed by atoms with Crippen LogP contribution in [0.4, 0.5) is 0 Å². The van der Waals surface area contributed by atoms with Gasteiger partial charge in [0, 0.05) is 0 Å². The highest BCUT2D eigenvalue weighted by atomic mass is 32.2. The summed E-state index contributed by atoms with van der Waals surface area (Å²) in [7, 11) is 0. The van der Waals surface area contributed by atoms with E-state index in [0.29, 0.717) is 11.8 Å². The molecule has 0 saturated carbocycles. The number of hydrogen-bond donors (Lipinski definition) is 1. The molecule has 1 rings (SSSR count). The highest BCUT2D eigenvalue weighted by Crippen LogP contribution is 2.27. The molecule has 2 unspecified atom stereocenters. The Morgan fingerprint density at radius 1 is 1.45 bits per heavy atom. The van der Waals surface area contributed by atoms with Crippen molar-refractivity contribution in [3.8, 4) is 0 Å². The van der Waals surface area contributed by atoms with Crippen LogP contribution in [0.1, 0.15) is 26.7 Å². The van der Waals surface area contributed by atoms with E-state index in [4.69, 9.17) is 0 Å². The lowest BCUT2D eigenvalue weighted by Crippen LogP contribution is -2.29. The lowest BCUT2D eigenvalue weighted by atomic mass is 9.91. The van der Waals surface area contributed by atoms with Crippen LogP contribution in [0.25, 0.3) is 0 Å². The van der Waals surface area contributed by atoms with Crippen molar-refractivity contribution in [1.82, 2.24) is 0 Å². The molecular weight excluding hydrogens is 156 g/mol. The zero-order valence-corrected chi connectivity index (χ0v) is 8.23. The smallest absolute Gasteiger partial charge is 0.0599 e. The summed E-state index contributed by atoms with van der Waals surface area (Å²) in [5, 5.41) is 9.74. The fourth-order valence-corrected chi connectivity index (χ4v) is 2.78. The third-order valence-electron chi connectivity index (χ3n) is 2.36. The van der Waals surface area contributed by atoms with Gasteiger partial charge in [-0.3, -0.25) is 0 Å². The Kier molecular flexibility index (Phi) is 3.73. The first kappa shape index (κ1) is 9.40. The van der Waals surface area contributed by atoms with Gasteiger partial charge in [0.15, 0.2) is 0 Å². The van der Waals surface area contributed by atoms with Crippen LogP contribution in [0.15, 0.2) is 0 Å². The molecule has 1 heterocycles. The van der Waals surface area contributed by atoms with Crippen LogP contribution in [0, 0.1) is 11.8 Å². The molecule has 1 aliphatic rings. The van der Waals surface area contributed by atoms with E-state index in [-0.39, 0.29) is 6.10 Å². The van der Waals surface area contributed by atoms with Crippen LogP contribution < -0.4 is 0 Å². The second-order valence-corrected chi connectivity index (χ2v) is 4.86. The lowest BCUT2D eigenvalue weighted by molar-refractivity contribution is 0.0692. The largest absolute Gasteiger partial charge is 0.393 e. The summed E-state index contributed by atoms with van der Waals surface area (Å²) in [5.41, 5.74) is 0. The highest BCUT2D eigenvalue weighted by Gasteiger charge is 2.23.